The Morgan fingerprint density at radius 2 is 1.74 bits per heavy atom. The minimum Gasteiger partial charge on any atom is -0.454 e. The molecular weight excluding hydrogens is 417 g/mol. The molecule has 2 heterocycles. The van der Waals surface area contributed by atoms with Crippen molar-refractivity contribution >= 4 is 34.1 Å². The molecule has 154 valence electrons. The number of aromatic nitrogens is 2. The van der Waals surface area contributed by atoms with Crippen LogP contribution in [0.15, 0.2) is 71.8 Å². The van der Waals surface area contributed by atoms with Crippen molar-refractivity contribution in [2.45, 2.75) is 5.03 Å². The van der Waals surface area contributed by atoms with Crippen LogP contribution in [0, 0.1) is 5.82 Å². The van der Waals surface area contributed by atoms with E-state index < -0.39 is 0 Å². The van der Waals surface area contributed by atoms with E-state index in [1.807, 2.05) is 24.3 Å². The maximum Gasteiger partial charge on any atom is 0.234 e. The summed E-state index contributed by atoms with van der Waals surface area (Å²) in [5.74, 6) is 0.969. The zero-order chi connectivity index (χ0) is 21.2. The van der Waals surface area contributed by atoms with Gasteiger partial charge in [0.1, 0.15) is 16.5 Å². The van der Waals surface area contributed by atoms with E-state index >= 15 is 0 Å². The normalized spacial score (nSPS) is 12.2. The molecule has 0 unspecified atom stereocenters. The summed E-state index contributed by atoms with van der Waals surface area (Å²) in [5, 5.41) is 14.0. The average molecular weight is 433 g/mol. The van der Waals surface area contributed by atoms with Gasteiger partial charge in [-0.1, -0.05) is 36.0 Å². The van der Waals surface area contributed by atoms with Gasteiger partial charge in [0.15, 0.2) is 11.5 Å². The summed E-state index contributed by atoms with van der Waals surface area (Å²) in [6.45, 7) is 0.183. The van der Waals surface area contributed by atoms with Crippen LogP contribution in [0.2, 0.25) is 0 Å². The third-order valence-electron chi connectivity index (χ3n) is 4.77. The Morgan fingerprint density at radius 3 is 2.58 bits per heavy atom. The molecule has 0 saturated heterocycles. The van der Waals surface area contributed by atoms with E-state index in [1.54, 1.807) is 30.3 Å². The lowest BCUT2D eigenvalue weighted by Gasteiger charge is -2.10. The van der Waals surface area contributed by atoms with Crippen LogP contribution in [0.1, 0.15) is 0 Å². The fraction of sp³-hybridized carbons (Fsp3) is 0.0870. The average Bonchev–Trinajstić information content (AvgIpc) is 3.26. The predicted octanol–water partition coefficient (Wildman–Crippen LogP) is 4.90. The Bertz CT molecular complexity index is 1280. The summed E-state index contributed by atoms with van der Waals surface area (Å²) in [5.41, 5.74) is 2.09. The van der Waals surface area contributed by atoms with Crippen LogP contribution >= 0.6 is 11.8 Å². The Balaban J connectivity index is 1.34. The molecule has 0 saturated carbocycles. The van der Waals surface area contributed by atoms with Crippen LogP contribution in [-0.4, -0.2) is 28.7 Å². The highest BCUT2D eigenvalue weighted by molar-refractivity contribution is 8.00. The van der Waals surface area contributed by atoms with Gasteiger partial charge in [0, 0.05) is 28.1 Å². The van der Waals surface area contributed by atoms with Crippen molar-refractivity contribution in [2.24, 2.45) is 0 Å². The highest BCUT2D eigenvalue weighted by atomic mass is 32.2. The SMILES string of the molecule is O=C(CSc1nnc(-c2ccc(F)cc2)c2ccccc12)Nc1ccc2c(c1)OCO2. The third-order valence-corrected chi connectivity index (χ3v) is 5.75. The number of hydrogen-bond acceptors (Lipinski definition) is 6. The van der Waals surface area contributed by atoms with E-state index in [0.29, 0.717) is 27.9 Å². The lowest BCUT2D eigenvalue weighted by molar-refractivity contribution is -0.113. The molecule has 0 spiro atoms. The van der Waals surface area contributed by atoms with E-state index in [4.69, 9.17) is 9.47 Å². The van der Waals surface area contributed by atoms with Crippen molar-refractivity contribution in [2.75, 3.05) is 17.9 Å². The van der Waals surface area contributed by atoms with Crippen molar-refractivity contribution in [3.05, 3.63) is 72.5 Å². The number of hydrogen-bond donors (Lipinski definition) is 1. The molecule has 1 amide bonds. The van der Waals surface area contributed by atoms with Gasteiger partial charge in [-0.3, -0.25) is 4.79 Å². The first-order chi connectivity index (χ1) is 15.2. The van der Waals surface area contributed by atoms with Crippen LogP contribution in [0.4, 0.5) is 10.1 Å². The molecule has 4 aromatic rings. The Kier molecular flexibility index (Phi) is 5.13. The molecule has 0 aliphatic carbocycles. The standard InChI is InChI=1S/C23H16FN3O3S/c24-15-7-5-14(6-8-15)22-17-3-1-2-4-18(17)23(27-26-22)31-12-21(28)25-16-9-10-19-20(11-16)30-13-29-19/h1-11H,12-13H2,(H,25,28). The molecule has 1 aliphatic heterocycles. The summed E-state index contributed by atoms with van der Waals surface area (Å²) in [7, 11) is 0. The van der Waals surface area contributed by atoms with E-state index in [1.165, 1.54) is 23.9 Å². The Labute approximate surface area is 181 Å². The minimum atomic E-state index is -0.304. The van der Waals surface area contributed by atoms with Crippen molar-refractivity contribution in [3.8, 4) is 22.8 Å². The molecule has 3 aromatic carbocycles. The number of nitrogens with zero attached hydrogens (tertiary/aromatic N) is 2. The predicted molar refractivity (Wildman–Crippen MR) is 117 cm³/mol. The van der Waals surface area contributed by atoms with Crippen molar-refractivity contribution in [1.82, 2.24) is 10.2 Å². The Morgan fingerprint density at radius 1 is 0.968 bits per heavy atom. The fourth-order valence-corrected chi connectivity index (χ4v) is 4.08. The lowest BCUT2D eigenvalue weighted by Crippen LogP contribution is -2.14. The number of thioether (sulfide) groups is 1. The van der Waals surface area contributed by atoms with Crippen LogP contribution < -0.4 is 14.8 Å². The van der Waals surface area contributed by atoms with E-state index in [2.05, 4.69) is 15.5 Å². The van der Waals surface area contributed by atoms with Crippen LogP contribution in [-0.2, 0) is 4.79 Å². The number of ether oxygens (including phenoxy) is 2. The third kappa shape index (κ3) is 4.02. The number of fused-ring (bicyclic) bond motifs is 2. The number of nitrogens with one attached hydrogen (secondary N) is 1. The first-order valence-corrected chi connectivity index (χ1v) is 10.5. The number of rotatable bonds is 5. The van der Waals surface area contributed by atoms with Crippen LogP contribution in [0.5, 0.6) is 11.5 Å². The van der Waals surface area contributed by atoms with Gasteiger partial charge >= 0.3 is 0 Å². The van der Waals surface area contributed by atoms with Gasteiger partial charge < -0.3 is 14.8 Å². The molecule has 0 fully saturated rings. The molecule has 6 nitrogen and oxygen atoms in total. The van der Waals surface area contributed by atoms with Crippen molar-refractivity contribution in [1.29, 1.82) is 0 Å². The molecule has 0 bridgehead atoms. The second-order valence-electron chi connectivity index (χ2n) is 6.81. The van der Waals surface area contributed by atoms with Gasteiger partial charge in [0.2, 0.25) is 12.7 Å². The van der Waals surface area contributed by atoms with Crippen molar-refractivity contribution < 1.29 is 18.7 Å². The molecule has 0 atom stereocenters. The Hall–Kier alpha value is -3.65. The highest BCUT2D eigenvalue weighted by Gasteiger charge is 2.16. The summed E-state index contributed by atoms with van der Waals surface area (Å²) in [4.78, 5) is 12.5. The molecule has 5 rings (SSSR count). The number of benzene rings is 3. The van der Waals surface area contributed by atoms with Gasteiger partial charge in [-0.25, -0.2) is 4.39 Å². The summed E-state index contributed by atoms with van der Waals surface area (Å²) in [6, 6.07) is 19.1. The van der Waals surface area contributed by atoms with Gasteiger partial charge in [0.25, 0.3) is 0 Å². The summed E-state index contributed by atoms with van der Waals surface area (Å²) in [6.07, 6.45) is 0. The van der Waals surface area contributed by atoms with Gasteiger partial charge in [-0.05, 0) is 36.4 Å². The highest BCUT2D eigenvalue weighted by Crippen LogP contribution is 2.35. The van der Waals surface area contributed by atoms with Crippen LogP contribution in [0.25, 0.3) is 22.0 Å². The maximum absolute atomic E-state index is 13.3. The van der Waals surface area contributed by atoms with Crippen molar-refractivity contribution in [3.63, 3.8) is 0 Å². The molecule has 31 heavy (non-hydrogen) atoms. The zero-order valence-corrected chi connectivity index (χ0v) is 17.0. The number of halogens is 1. The second-order valence-corrected chi connectivity index (χ2v) is 7.78. The monoisotopic (exact) mass is 433 g/mol. The zero-order valence-electron chi connectivity index (χ0n) is 16.2. The molecule has 1 N–H and O–H groups in total. The van der Waals surface area contributed by atoms with E-state index in [0.717, 1.165) is 16.3 Å². The number of carbonyl (C=O) groups is 1. The lowest BCUT2D eigenvalue weighted by atomic mass is 10.1. The van der Waals surface area contributed by atoms with E-state index in [9.17, 15) is 9.18 Å². The van der Waals surface area contributed by atoms with Gasteiger partial charge in [-0.15, -0.1) is 10.2 Å². The van der Waals surface area contributed by atoms with Gasteiger partial charge in [0.05, 0.1) is 5.75 Å². The topological polar surface area (TPSA) is 73.3 Å². The van der Waals surface area contributed by atoms with E-state index in [-0.39, 0.29) is 24.3 Å². The fourth-order valence-electron chi connectivity index (χ4n) is 3.31. The van der Waals surface area contributed by atoms with Crippen LogP contribution in [0.3, 0.4) is 0 Å². The second kappa shape index (κ2) is 8.23. The largest absolute Gasteiger partial charge is 0.454 e. The number of amides is 1. The maximum atomic E-state index is 13.3. The number of carbonyl (C=O) groups excluding carboxylic acids is 1. The first kappa shape index (κ1) is 19.3. The quantitative estimate of drug-likeness (QED) is 0.452. The smallest absolute Gasteiger partial charge is 0.234 e. The summed E-state index contributed by atoms with van der Waals surface area (Å²) >= 11 is 1.31. The molecule has 1 aromatic heterocycles. The molecule has 8 heteroatoms. The number of anilines is 1. The first-order valence-electron chi connectivity index (χ1n) is 9.51. The summed E-state index contributed by atoms with van der Waals surface area (Å²) < 4.78 is 23.9. The molecular formula is C23H16FN3O3S. The minimum absolute atomic E-state index is 0.169. The molecule has 0 radical (unpaired) electrons. The van der Waals surface area contributed by atoms with Gasteiger partial charge in [-0.2, -0.15) is 0 Å². The molecule has 1 aliphatic rings.